The number of hydrogen-bond acceptors (Lipinski definition) is 2. The van der Waals surface area contributed by atoms with Gasteiger partial charge in [-0.2, -0.15) is 0 Å². The highest BCUT2D eigenvalue weighted by molar-refractivity contribution is 7.80. The Morgan fingerprint density at radius 3 is 2.60 bits per heavy atom. The molecule has 4 heteroatoms. The van der Waals surface area contributed by atoms with Crippen molar-refractivity contribution < 1.29 is 0 Å². The number of benzene rings is 1. The molecule has 1 unspecified atom stereocenters. The summed E-state index contributed by atoms with van der Waals surface area (Å²) in [5, 5.41) is 8.27. The summed E-state index contributed by atoms with van der Waals surface area (Å²) in [6, 6.07) is 7.81. The smallest absolute Gasteiger partial charge is 0.169 e. The lowest BCUT2D eigenvalue weighted by atomic mass is 9.78. The SMILES string of the molecule is CN1C(=S)N[C@@H]2[C@H]1c1cc(C(C)(C)C)ccc1N[C@H]2C1C=CC=CC1. The number of fused-ring (bicyclic) bond motifs is 3. The van der Waals surface area contributed by atoms with Crippen LogP contribution in [-0.4, -0.2) is 29.1 Å². The maximum Gasteiger partial charge on any atom is 0.169 e. The van der Waals surface area contributed by atoms with Crippen molar-refractivity contribution in [1.29, 1.82) is 0 Å². The second kappa shape index (κ2) is 5.87. The molecular weight excluding hydrogens is 326 g/mol. The summed E-state index contributed by atoms with van der Waals surface area (Å²) in [5.41, 5.74) is 4.13. The zero-order chi connectivity index (χ0) is 17.8. The Bertz CT molecular complexity index is 759. The molecule has 1 fully saturated rings. The molecule has 1 saturated heterocycles. The van der Waals surface area contributed by atoms with Gasteiger partial charge in [-0.1, -0.05) is 57.2 Å². The second-order valence-corrected chi connectivity index (χ2v) is 8.85. The van der Waals surface area contributed by atoms with Crippen molar-refractivity contribution in [1.82, 2.24) is 10.2 Å². The zero-order valence-electron chi connectivity index (χ0n) is 15.4. The summed E-state index contributed by atoms with van der Waals surface area (Å²) in [6.07, 6.45) is 9.97. The van der Waals surface area contributed by atoms with E-state index in [-0.39, 0.29) is 11.5 Å². The average Bonchev–Trinajstić information content (AvgIpc) is 2.89. The van der Waals surface area contributed by atoms with Crippen LogP contribution in [0.2, 0.25) is 0 Å². The summed E-state index contributed by atoms with van der Waals surface area (Å²) in [6.45, 7) is 6.81. The molecule has 0 bridgehead atoms. The minimum absolute atomic E-state index is 0.142. The molecule has 2 N–H and O–H groups in total. The molecule has 0 amide bonds. The van der Waals surface area contributed by atoms with E-state index < -0.39 is 0 Å². The Labute approximate surface area is 156 Å². The monoisotopic (exact) mass is 353 g/mol. The minimum atomic E-state index is 0.142. The van der Waals surface area contributed by atoms with Crippen LogP contribution in [0.4, 0.5) is 5.69 Å². The Kier molecular flexibility index (Phi) is 3.91. The van der Waals surface area contributed by atoms with Crippen LogP contribution in [0.25, 0.3) is 0 Å². The fourth-order valence-corrected chi connectivity index (χ4v) is 4.54. The first-order valence-electron chi connectivity index (χ1n) is 9.14. The number of nitrogens with one attached hydrogen (secondary N) is 2. The maximum absolute atomic E-state index is 5.60. The standard InChI is InChI=1S/C21H27N3S/c1-21(2,3)14-10-11-16-15(12-14)19-18(23-20(25)24(19)4)17(22-16)13-8-6-5-7-9-13/h5-8,10-13,17-19,22H,9H2,1-4H3,(H,23,25)/t13?,17-,18-,19+/m0/s1. The normalized spacial score (nSPS) is 30.6. The van der Waals surface area contributed by atoms with Crippen LogP contribution >= 0.6 is 12.2 Å². The molecule has 2 aliphatic heterocycles. The van der Waals surface area contributed by atoms with E-state index in [4.69, 9.17) is 12.2 Å². The first-order chi connectivity index (χ1) is 11.9. The van der Waals surface area contributed by atoms with Crippen molar-refractivity contribution in [2.45, 2.75) is 50.7 Å². The maximum atomic E-state index is 5.60. The van der Waals surface area contributed by atoms with Crippen molar-refractivity contribution >= 4 is 23.0 Å². The molecule has 0 spiro atoms. The van der Waals surface area contributed by atoms with Crippen LogP contribution in [0.15, 0.2) is 42.5 Å². The first-order valence-corrected chi connectivity index (χ1v) is 9.55. The molecule has 132 valence electrons. The van der Waals surface area contributed by atoms with Gasteiger partial charge in [0.2, 0.25) is 0 Å². The topological polar surface area (TPSA) is 27.3 Å². The molecule has 4 rings (SSSR count). The van der Waals surface area contributed by atoms with Crippen molar-refractivity contribution in [3.05, 3.63) is 53.6 Å². The van der Waals surface area contributed by atoms with Crippen LogP contribution in [0, 0.1) is 5.92 Å². The zero-order valence-corrected chi connectivity index (χ0v) is 16.2. The van der Waals surface area contributed by atoms with E-state index in [9.17, 15) is 0 Å². The van der Waals surface area contributed by atoms with E-state index >= 15 is 0 Å². The van der Waals surface area contributed by atoms with Crippen molar-refractivity contribution in [3.8, 4) is 0 Å². The number of allylic oxidation sites excluding steroid dienone is 3. The van der Waals surface area contributed by atoms with E-state index in [0.29, 0.717) is 18.0 Å². The summed E-state index contributed by atoms with van der Waals surface area (Å²) in [5.74, 6) is 0.481. The number of anilines is 1. The highest BCUT2D eigenvalue weighted by Gasteiger charge is 2.46. The predicted octanol–water partition coefficient (Wildman–Crippen LogP) is 4.14. The number of hydrogen-bond donors (Lipinski definition) is 2. The van der Waals surface area contributed by atoms with Crippen LogP contribution < -0.4 is 10.6 Å². The molecule has 1 aromatic carbocycles. The van der Waals surface area contributed by atoms with Crippen LogP contribution in [0.5, 0.6) is 0 Å². The highest BCUT2D eigenvalue weighted by atomic mass is 32.1. The second-order valence-electron chi connectivity index (χ2n) is 8.47. The summed E-state index contributed by atoms with van der Waals surface area (Å²) in [7, 11) is 2.12. The van der Waals surface area contributed by atoms with Crippen LogP contribution in [0.3, 0.4) is 0 Å². The Morgan fingerprint density at radius 1 is 1.12 bits per heavy atom. The number of likely N-dealkylation sites (N-methyl/N-ethyl adjacent to an activating group) is 1. The molecule has 25 heavy (non-hydrogen) atoms. The Hall–Kier alpha value is -1.81. The molecule has 2 heterocycles. The third kappa shape index (κ3) is 2.77. The number of thiocarbonyl (C=S) groups is 1. The van der Waals surface area contributed by atoms with E-state index in [1.165, 1.54) is 16.8 Å². The third-order valence-corrected chi connectivity index (χ3v) is 6.19. The van der Waals surface area contributed by atoms with Crippen molar-refractivity contribution in [2.75, 3.05) is 12.4 Å². The number of nitrogens with zero attached hydrogens (tertiary/aromatic N) is 1. The fraction of sp³-hybridized carbons (Fsp3) is 0.476. The van der Waals surface area contributed by atoms with Gasteiger partial charge in [0.05, 0.1) is 18.1 Å². The lowest BCUT2D eigenvalue weighted by Gasteiger charge is -2.41. The molecule has 3 aliphatic rings. The summed E-state index contributed by atoms with van der Waals surface area (Å²) >= 11 is 5.60. The lowest BCUT2D eigenvalue weighted by molar-refractivity contribution is 0.302. The summed E-state index contributed by atoms with van der Waals surface area (Å²) < 4.78 is 0. The van der Waals surface area contributed by atoms with Gasteiger partial charge >= 0.3 is 0 Å². The van der Waals surface area contributed by atoms with Gasteiger partial charge in [-0.25, -0.2) is 0 Å². The van der Waals surface area contributed by atoms with E-state index in [0.717, 1.165) is 11.5 Å². The largest absolute Gasteiger partial charge is 0.379 e. The van der Waals surface area contributed by atoms with Gasteiger partial charge in [-0.05, 0) is 35.7 Å². The van der Waals surface area contributed by atoms with Gasteiger partial charge in [0.25, 0.3) is 0 Å². The third-order valence-electron chi connectivity index (χ3n) is 5.79. The quantitative estimate of drug-likeness (QED) is 0.742. The van der Waals surface area contributed by atoms with E-state index in [1.807, 2.05) is 0 Å². The van der Waals surface area contributed by atoms with Crippen LogP contribution in [0.1, 0.15) is 44.4 Å². The molecule has 0 aromatic heterocycles. The number of rotatable bonds is 1. The van der Waals surface area contributed by atoms with Crippen molar-refractivity contribution in [3.63, 3.8) is 0 Å². The molecule has 0 radical (unpaired) electrons. The van der Waals surface area contributed by atoms with Gasteiger partial charge in [0.1, 0.15) is 0 Å². The molecule has 4 atom stereocenters. The van der Waals surface area contributed by atoms with Gasteiger partial charge < -0.3 is 15.5 Å². The summed E-state index contributed by atoms with van der Waals surface area (Å²) in [4.78, 5) is 2.24. The van der Waals surface area contributed by atoms with Gasteiger partial charge in [0, 0.05) is 24.2 Å². The first kappa shape index (κ1) is 16.6. The lowest BCUT2D eigenvalue weighted by Crippen LogP contribution is -2.51. The van der Waals surface area contributed by atoms with Crippen LogP contribution in [-0.2, 0) is 5.41 Å². The Morgan fingerprint density at radius 2 is 1.92 bits per heavy atom. The average molecular weight is 354 g/mol. The van der Waals surface area contributed by atoms with Gasteiger partial charge in [0.15, 0.2) is 5.11 Å². The van der Waals surface area contributed by atoms with E-state index in [1.54, 1.807) is 0 Å². The Balaban J connectivity index is 1.78. The highest BCUT2D eigenvalue weighted by Crippen LogP contribution is 2.43. The molecule has 0 saturated carbocycles. The van der Waals surface area contributed by atoms with Gasteiger partial charge in [-0.15, -0.1) is 0 Å². The van der Waals surface area contributed by atoms with Gasteiger partial charge in [-0.3, -0.25) is 0 Å². The molecule has 1 aromatic rings. The minimum Gasteiger partial charge on any atom is -0.379 e. The fourth-order valence-electron chi connectivity index (χ4n) is 4.29. The molecule has 3 nitrogen and oxygen atoms in total. The van der Waals surface area contributed by atoms with Crippen molar-refractivity contribution in [2.24, 2.45) is 5.92 Å². The van der Waals surface area contributed by atoms with E-state index in [2.05, 4.69) is 85.9 Å². The predicted molar refractivity (Wildman–Crippen MR) is 109 cm³/mol. The molecular formula is C21H27N3S. The molecule has 1 aliphatic carbocycles.